The fraction of sp³-hybridized carbons (Fsp3) is 0.154. The highest BCUT2D eigenvalue weighted by atomic mass is 35.5. The van der Waals surface area contributed by atoms with Crippen molar-refractivity contribution < 1.29 is 9.90 Å². The Morgan fingerprint density at radius 2 is 2.00 bits per heavy atom. The maximum absolute atomic E-state index is 10.9. The lowest BCUT2D eigenvalue weighted by atomic mass is 9.93. The molecule has 1 unspecified atom stereocenters. The van der Waals surface area contributed by atoms with Crippen LogP contribution >= 0.6 is 11.6 Å². The van der Waals surface area contributed by atoms with Crippen LogP contribution in [0.15, 0.2) is 42.9 Å². The molecule has 0 saturated carbocycles. The minimum Gasteiger partial charge on any atom is -0.481 e. The SMILES string of the molecule is O=C(O)CC(c1ccc(Cl)cc1)c1cnccn1. The molecule has 0 aliphatic rings. The molecular formula is C13H11ClN2O2. The molecule has 1 N–H and O–H groups in total. The highest BCUT2D eigenvalue weighted by Crippen LogP contribution is 2.27. The van der Waals surface area contributed by atoms with Crippen LogP contribution in [0.4, 0.5) is 0 Å². The summed E-state index contributed by atoms with van der Waals surface area (Å²) < 4.78 is 0. The zero-order valence-electron chi connectivity index (χ0n) is 9.45. The highest BCUT2D eigenvalue weighted by molar-refractivity contribution is 6.30. The molecule has 4 nitrogen and oxygen atoms in total. The fourth-order valence-electron chi connectivity index (χ4n) is 1.75. The molecule has 2 aromatic rings. The summed E-state index contributed by atoms with van der Waals surface area (Å²) in [6.45, 7) is 0. The number of halogens is 1. The lowest BCUT2D eigenvalue weighted by Crippen LogP contribution is -2.09. The van der Waals surface area contributed by atoms with Gasteiger partial charge in [0.1, 0.15) is 0 Å². The van der Waals surface area contributed by atoms with Crippen LogP contribution in [-0.2, 0) is 4.79 Å². The van der Waals surface area contributed by atoms with Crippen LogP contribution in [-0.4, -0.2) is 21.0 Å². The van der Waals surface area contributed by atoms with Gasteiger partial charge in [0, 0.05) is 29.5 Å². The van der Waals surface area contributed by atoms with E-state index in [1.54, 1.807) is 30.7 Å². The first-order valence-corrected chi connectivity index (χ1v) is 5.78. The van der Waals surface area contributed by atoms with E-state index in [2.05, 4.69) is 9.97 Å². The number of carboxylic acids is 1. The number of aromatic nitrogens is 2. The van der Waals surface area contributed by atoms with E-state index < -0.39 is 5.97 Å². The van der Waals surface area contributed by atoms with Crippen LogP contribution in [0.3, 0.4) is 0 Å². The van der Waals surface area contributed by atoms with E-state index in [-0.39, 0.29) is 12.3 Å². The van der Waals surface area contributed by atoms with Crippen molar-refractivity contribution in [1.82, 2.24) is 9.97 Å². The zero-order chi connectivity index (χ0) is 13.0. The Balaban J connectivity index is 2.36. The number of aliphatic carboxylic acids is 1. The van der Waals surface area contributed by atoms with E-state index in [4.69, 9.17) is 16.7 Å². The molecule has 0 amide bonds. The van der Waals surface area contributed by atoms with Crippen molar-refractivity contribution in [3.05, 3.63) is 59.1 Å². The molecule has 0 saturated heterocycles. The topological polar surface area (TPSA) is 63.1 Å². The van der Waals surface area contributed by atoms with E-state index >= 15 is 0 Å². The monoisotopic (exact) mass is 262 g/mol. The van der Waals surface area contributed by atoms with Crippen molar-refractivity contribution in [1.29, 1.82) is 0 Å². The van der Waals surface area contributed by atoms with Crippen molar-refractivity contribution in [3.63, 3.8) is 0 Å². The summed E-state index contributed by atoms with van der Waals surface area (Å²) in [5.74, 6) is -1.19. The first-order chi connectivity index (χ1) is 8.66. The predicted molar refractivity (Wildman–Crippen MR) is 67.6 cm³/mol. The maximum atomic E-state index is 10.9. The van der Waals surface area contributed by atoms with Crippen molar-refractivity contribution >= 4 is 17.6 Å². The van der Waals surface area contributed by atoms with Gasteiger partial charge in [-0.1, -0.05) is 23.7 Å². The predicted octanol–water partition coefficient (Wildman–Crippen LogP) is 2.74. The molecule has 5 heteroatoms. The van der Waals surface area contributed by atoms with Gasteiger partial charge in [-0.3, -0.25) is 14.8 Å². The Bertz CT molecular complexity index is 528. The number of carbonyl (C=O) groups is 1. The number of hydrogen-bond donors (Lipinski definition) is 1. The molecule has 0 aliphatic carbocycles. The quantitative estimate of drug-likeness (QED) is 0.920. The molecule has 0 spiro atoms. The summed E-state index contributed by atoms with van der Waals surface area (Å²) in [5.41, 5.74) is 1.50. The van der Waals surface area contributed by atoms with Gasteiger partial charge in [0.25, 0.3) is 0 Å². The van der Waals surface area contributed by atoms with E-state index in [0.29, 0.717) is 10.7 Å². The van der Waals surface area contributed by atoms with Crippen LogP contribution in [0.1, 0.15) is 23.6 Å². The van der Waals surface area contributed by atoms with Crippen molar-refractivity contribution in [2.24, 2.45) is 0 Å². The first kappa shape index (κ1) is 12.5. The smallest absolute Gasteiger partial charge is 0.304 e. The van der Waals surface area contributed by atoms with Gasteiger partial charge in [0.2, 0.25) is 0 Å². The van der Waals surface area contributed by atoms with Gasteiger partial charge < -0.3 is 5.11 Å². The van der Waals surface area contributed by atoms with E-state index in [0.717, 1.165) is 5.56 Å². The number of benzene rings is 1. The van der Waals surface area contributed by atoms with E-state index in [1.807, 2.05) is 12.1 Å². The second-order valence-corrected chi connectivity index (χ2v) is 4.27. The Labute approximate surface area is 109 Å². The summed E-state index contributed by atoms with van der Waals surface area (Å²) in [4.78, 5) is 19.1. The molecule has 1 atom stereocenters. The fourth-order valence-corrected chi connectivity index (χ4v) is 1.88. The van der Waals surface area contributed by atoms with Gasteiger partial charge in [-0.2, -0.15) is 0 Å². The first-order valence-electron chi connectivity index (χ1n) is 5.40. The minimum absolute atomic E-state index is 0.0275. The standard InChI is InChI=1S/C13H11ClN2O2/c14-10-3-1-9(2-4-10)11(7-13(17)18)12-8-15-5-6-16-12/h1-6,8,11H,7H2,(H,17,18). The lowest BCUT2D eigenvalue weighted by Gasteiger charge is -2.14. The van der Waals surface area contributed by atoms with Gasteiger partial charge >= 0.3 is 5.97 Å². The molecule has 92 valence electrons. The molecule has 18 heavy (non-hydrogen) atoms. The third-order valence-electron chi connectivity index (χ3n) is 2.59. The van der Waals surface area contributed by atoms with Crippen molar-refractivity contribution in [3.8, 4) is 0 Å². The highest BCUT2D eigenvalue weighted by Gasteiger charge is 2.19. The molecule has 1 heterocycles. The summed E-state index contributed by atoms with van der Waals surface area (Å²) in [6, 6.07) is 7.10. The molecule has 0 fully saturated rings. The third-order valence-corrected chi connectivity index (χ3v) is 2.84. The molecule has 2 rings (SSSR count). The average molecular weight is 263 g/mol. The molecule has 1 aromatic heterocycles. The van der Waals surface area contributed by atoms with Crippen LogP contribution in [0.25, 0.3) is 0 Å². The third kappa shape index (κ3) is 3.05. The van der Waals surface area contributed by atoms with E-state index in [9.17, 15) is 4.79 Å². The Morgan fingerprint density at radius 1 is 1.28 bits per heavy atom. The number of rotatable bonds is 4. The molecule has 1 aromatic carbocycles. The summed E-state index contributed by atoms with van der Waals surface area (Å²) in [5, 5.41) is 9.60. The summed E-state index contributed by atoms with van der Waals surface area (Å²) >= 11 is 5.82. The zero-order valence-corrected chi connectivity index (χ0v) is 10.2. The molecule has 0 radical (unpaired) electrons. The van der Waals surface area contributed by atoms with Crippen LogP contribution in [0.5, 0.6) is 0 Å². The Hall–Kier alpha value is -1.94. The molecule has 0 bridgehead atoms. The van der Waals surface area contributed by atoms with Gasteiger partial charge in [-0.05, 0) is 17.7 Å². The minimum atomic E-state index is -0.874. The van der Waals surface area contributed by atoms with Gasteiger partial charge in [0.15, 0.2) is 0 Å². The van der Waals surface area contributed by atoms with Gasteiger partial charge in [0.05, 0.1) is 12.1 Å². The summed E-state index contributed by atoms with van der Waals surface area (Å²) in [6.07, 6.45) is 4.67. The second kappa shape index (κ2) is 5.60. The largest absolute Gasteiger partial charge is 0.481 e. The van der Waals surface area contributed by atoms with Crippen molar-refractivity contribution in [2.45, 2.75) is 12.3 Å². The van der Waals surface area contributed by atoms with Crippen LogP contribution < -0.4 is 0 Å². The lowest BCUT2D eigenvalue weighted by molar-refractivity contribution is -0.137. The number of hydrogen-bond acceptors (Lipinski definition) is 3. The average Bonchev–Trinajstić information content (AvgIpc) is 2.38. The molecule has 0 aliphatic heterocycles. The number of carboxylic acid groups (broad SMARTS) is 1. The van der Waals surface area contributed by atoms with Crippen LogP contribution in [0.2, 0.25) is 5.02 Å². The Kier molecular flexibility index (Phi) is 3.89. The van der Waals surface area contributed by atoms with Gasteiger partial charge in [-0.15, -0.1) is 0 Å². The second-order valence-electron chi connectivity index (χ2n) is 3.83. The van der Waals surface area contributed by atoms with Gasteiger partial charge in [-0.25, -0.2) is 0 Å². The van der Waals surface area contributed by atoms with E-state index in [1.165, 1.54) is 0 Å². The van der Waals surface area contributed by atoms with Crippen LogP contribution in [0, 0.1) is 0 Å². The van der Waals surface area contributed by atoms with Crippen molar-refractivity contribution in [2.75, 3.05) is 0 Å². The normalized spacial score (nSPS) is 12.1. The molecular weight excluding hydrogens is 252 g/mol. The summed E-state index contributed by atoms with van der Waals surface area (Å²) in [7, 11) is 0. The number of nitrogens with zero attached hydrogens (tertiary/aromatic N) is 2. The Morgan fingerprint density at radius 3 is 2.56 bits per heavy atom. The maximum Gasteiger partial charge on any atom is 0.304 e.